The van der Waals surface area contributed by atoms with E-state index in [1.165, 1.54) is 18.2 Å². The number of aromatic carboxylic acids is 1. The molecule has 15 heavy (non-hydrogen) atoms. The van der Waals surface area contributed by atoms with Crippen molar-refractivity contribution in [3.8, 4) is 0 Å². The first-order valence-electron chi connectivity index (χ1n) is 3.84. The average Bonchev–Trinajstić information content (AvgIpc) is 2.00. The number of carboxylic acid groups (broad SMARTS) is 1. The molecular formula is C9H11FO4S. The molecule has 0 saturated heterocycles. The Morgan fingerprint density at radius 2 is 1.80 bits per heavy atom. The first-order chi connectivity index (χ1) is 6.70. The zero-order chi connectivity index (χ0) is 12.1. The molecule has 0 aromatic heterocycles. The van der Waals surface area contributed by atoms with Gasteiger partial charge in [-0.2, -0.15) is 0 Å². The van der Waals surface area contributed by atoms with Crippen LogP contribution < -0.4 is 0 Å². The molecule has 0 fully saturated rings. The summed E-state index contributed by atoms with van der Waals surface area (Å²) >= 11 is 0. The van der Waals surface area contributed by atoms with Crippen LogP contribution in [0.4, 0.5) is 4.39 Å². The molecule has 84 valence electrons. The minimum atomic E-state index is -2.67. The van der Waals surface area contributed by atoms with Crippen molar-refractivity contribution in [1.29, 1.82) is 0 Å². The van der Waals surface area contributed by atoms with Gasteiger partial charge in [0.05, 0.1) is 5.56 Å². The molecule has 0 aliphatic rings. The molecule has 0 amide bonds. The highest BCUT2D eigenvalue weighted by Gasteiger charge is 2.01. The lowest BCUT2D eigenvalue weighted by molar-refractivity contribution is 0.0696. The lowest BCUT2D eigenvalue weighted by Crippen LogP contribution is -1.95. The second kappa shape index (κ2) is 5.45. The SMILES string of the molecule is CS(C)(=O)=O.O=C(O)c1cccc(F)c1. The maximum Gasteiger partial charge on any atom is 0.335 e. The summed E-state index contributed by atoms with van der Waals surface area (Å²) in [6.45, 7) is 0. The van der Waals surface area contributed by atoms with E-state index in [9.17, 15) is 17.6 Å². The fourth-order valence-electron chi connectivity index (χ4n) is 0.622. The van der Waals surface area contributed by atoms with Gasteiger partial charge in [0.15, 0.2) is 0 Å². The Morgan fingerprint density at radius 3 is 2.07 bits per heavy atom. The molecule has 0 spiro atoms. The summed E-state index contributed by atoms with van der Waals surface area (Å²) in [6, 6.07) is 4.87. The summed E-state index contributed by atoms with van der Waals surface area (Å²) < 4.78 is 31.5. The molecule has 6 heteroatoms. The summed E-state index contributed by atoms with van der Waals surface area (Å²) in [4.78, 5) is 10.2. The number of carboxylic acids is 1. The highest BCUT2D eigenvalue weighted by molar-refractivity contribution is 7.89. The Labute approximate surface area is 87.3 Å². The minimum absolute atomic E-state index is 0.0278. The molecule has 0 bridgehead atoms. The van der Waals surface area contributed by atoms with Crippen molar-refractivity contribution < 1.29 is 22.7 Å². The van der Waals surface area contributed by atoms with Crippen molar-refractivity contribution >= 4 is 15.8 Å². The molecule has 0 aliphatic carbocycles. The van der Waals surface area contributed by atoms with E-state index in [0.717, 1.165) is 18.6 Å². The monoisotopic (exact) mass is 234 g/mol. The third kappa shape index (κ3) is 8.89. The summed E-state index contributed by atoms with van der Waals surface area (Å²) in [6.07, 6.45) is 2.32. The van der Waals surface area contributed by atoms with E-state index in [4.69, 9.17) is 5.11 Å². The van der Waals surface area contributed by atoms with Crippen LogP contribution in [0.2, 0.25) is 0 Å². The lowest BCUT2D eigenvalue weighted by Gasteiger charge is -1.91. The topological polar surface area (TPSA) is 71.4 Å². The van der Waals surface area contributed by atoms with E-state index >= 15 is 0 Å². The zero-order valence-corrected chi connectivity index (χ0v) is 9.08. The van der Waals surface area contributed by atoms with Crippen molar-refractivity contribution in [2.45, 2.75) is 0 Å². The Morgan fingerprint density at radius 1 is 1.33 bits per heavy atom. The maximum atomic E-state index is 12.3. The fraction of sp³-hybridized carbons (Fsp3) is 0.222. The quantitative estimate of drug-likeness (QED) is 0.792. The maximum absolute atomic E-state index is 12.3. The van der Waals surface area contributed by atoms with E-state index in [1.54, 1.807) is 0 Å². The van der Waals surface area contributed by atoms with Crippen LogP contribution in [-0.4, -0.2) is 32.0 Å². The molecule has 0 atom stereocenters. The molecule has 1 aromatic rings. The summed E-state index contributed by atoms with van der Waals surface area (Å²) in [5.41, 5.74) is -0.0278. The summed E-state index contributed by atoms with van der Waals surface area (Å²) in [5, 5.41) is 8.34. The highest BCUT2D eigenvalue weighted by Crippen LogP contribution is 2.02. The standard InChI is InChI=1S/C7H5FO2.C2H6O2S/c8-6-3-1-2-5(4-6)7(9)10;1-5(2,3)4/h1-4H,(H,9,10);1-2H3. The molecule has 0 unspecified atom stereocenters. The third-order valence-electron chi connectivity index (χ3n) is 1.07. The zero-order valence-electron chi connectivity index (χ0n) is 8.27. The Kier molecular flexibility index (Phi) is 4.93. The molecule has 1 rings (SSSR count). The normalized spacial score (nSPS) is 10.1. The smallest absolute Gasteiger partial charge is 0.335 e. The Balaban J connectivity index is 0.000000336. The van der Waals surface area contributed by atoms with Gasteiger partial charge in [0.2, 0.25) is 0 Å². The van der Waals surface area contributed by atoms with Gasteiger partial charge in [-0.25, -0.2) is 17.6 Å². The van der Waals surface area contributed by atoms with Gasteiger partial charge in [0, 0.05) is 12.5 Å². The molecule has 1 aromatic carbocycles. The minimum Gasteiger partial charge on any atom is -0.478 e. The van der Waals surface area contributed by atoms with Crippen LogP contribution in [0.1, 0.15) is 10.4 Å². The first kappa shape index (κ1) is 13.6. The van der Waals surface area contributed by atoms with Crippen LogP contribution in [-0.2, 0) is 9.84 Å². The van der Waals surface area contributed by atoms with Crippen LogP contribution in [0.5, 0.6) is 0 Å². The van der Waals surface area contributed by atoms with E-state index in [-0.39, 0.29) is 5.56 Å². The molecule has 0 aliphatic heterocycles. The molecule has 0 saturated carbocycles. The molecule has 0 radical (unpaired) electrons. The van der Waals surface area contributed by atoms with Gasteiger partial charge in [-0.15, -0.1) is 0 Å². The van der Waals surface area contributed by atoms with Crippen molar-refractivity contribution in [3.05, 3.63) is 35.6 Å². The number of benzene rings is 1. The number of hydrogen-bond donors (Lipinski definition) is 1. The number of sulfone groups is 1. The van der Waals surface area contributed by atoms with Crippen LogP contribution in [0.25, 0.3) is 0 Å². The van der Waals surface area contributed by atoms with Gasteiger partial charge in [-0.3, -0.25) is 0 Å². The molecule has 0 heterocycles. The van der Waals surface area contributed by atoms with Gasteiger partial charge >= 0.3 is 5.97 Å². The third-order valence-corrected chi connectivity index (χ3v) is 1.07. The second-order valence-corrected chi connectivity index (χ2v) is 5.24. The Bertz CT molecular complexity index is 431. The fourth-order valence-corrected chi connectivity index (χ4v) is 0.622. The van der Waals surface area contributed by atoms with E-state index in [1.807, 2.05) is 0 Å². The van der Waals surface area contributed by atoms with Crippen molar-refractivity contribution in [1.82, 2.24) is 0 Å². The lowest BCUT2D eigenvalue weighted by atomic mass is 10.2. The number of hydrogen-bond acceptors (Lipinski definition) is 3. The van der Waals surface area contributed by atoms with Gasteiger partial charge in [-0.1, -0.05) is 6.07 Å². The van der Waals surface area contributed by atoms with Crippen LogP contribution >= 0.6 is 0 Å². The largest absolute Gasteiger partial charge is 0.478 e. The van der Waals surface area contributed by atoms with E-state index in [0.29, 0.717) is 0 Å². The predicted molar refractivity (Wildman–Crippen MR) is 54.1 cm³/mol. The highest BCUT2D eigenvalue weighted by atomic mass is 32.2. The van der Waals surface area contributed by atoms with E-state index in [2.05, 4.69) is 0 Å². The molecule has 4 nitrogen and oxygen atoms in total. The number of rotatable bonds is 1. The Hall–Kier alpha value is -1.43. The predicted octanol–water partition coefficient (Wildman–Crippen LogP) is 1.18. The van der Waals surface area contributed by atoms with Crippen LogP contribution in [0, 0.1) is 5.82 Å². The van der Waals surface area contributed by atoms with Crippen LogP contribution in [0.15, 0.2) is 24.3 Å². The molecular weight excluding hydrogens is 223 g/mol. The van der Waals surface area contributed by atoms with Gasteiger partial charge in [0.1, 0.15) is 15.7 Å². The van der Waals surface area contributed by atoms with Gasteiger partial charge < -0.3 is 5.11 Å². The first-order valence-corrected chi connectivity index (χ1v) is 6.14. The van der Waals surface area contributed by atoms with Gasteiger partial charge in [-0.05, 0) is 18.2 Å². The van der Waals surface area contributed by atoms with E-state index < -0.39 is 21.6 Å². The molecule has 1 N–H and O–H groups in total. The number of carbonyl (C=O) groups is 1. The van der Waals surface area contributed by atoms with Crippen molar-refractivity contribution in [3.63, 3.8) is 0 Å². The van der Waals surface area contributed by atoms with Gasteiger partial charge in [0.25, 0.3) is 0 Å². The average molecular weight is 234 g/mol. The van der Waals surface area contributed by atoms with Crippen molar-refractivity contribution in [2.24, 2.45) is 0 Å². The summed E-state index contributed by atoms with van der Waals surface area (Å²) in [5.74, 6) is -1.64. The number of halogens is 1. The van der Waals surface area contributed by atoms with Crippen LogP contribution in [0.3, 0.4) is 0 Å². The second-order valence-electron chi connectivity index (χ2n) is 2.96. The van der Waals surface area contributed by atoms with Crippen molar-refractivity contribution in [2.75, 3.05) is 12.5 Å². The summed E-state index contributed by atoms with van der Waals surface area (Å²) in [7, 11) is -2.67.